The number of carbonyl (C=O) groups excluding carboxylic acids is 2. The van der Waals surface area contributed by atoms with Gasteiger partial charge in [-0.25, -0.2) is 18.4 Å². The molecular formula is C16H12F2O4. The van der Waals surface area contributed by atoms with Crippen LogP contribution in [0.25, 0.3) is 11.1 Å². The Bertz CT molecular complexity index is 741. The van der Waals surface area contributed by atoms with Gasteiger partial charge in [-0.3, -0.25) is 0 Å². The molecule has 0 aliphatic rings. The predicted molar refractivity (Wildman–Crippen MR) is 74.5 cm³/mol. The Morgan fingerprint density at radius 2 is 1.32 bits per heavy atom. The van der Waals surface area contributed by atoms with E-state index in [1.165, 1.54) is 38.5 Å². The van der Waals surface area contributed by atoms with Gasteiger partial charge >= 0.3 is 11.9 Å². The molecule has 0 heterocycles. The van der Waals surface area contributed by atoms with E-state index in [2.05, 4.69) is 9.47 Å². The van der Waals surface area contributed by atoms with E-state index >= 15 is 0 Å². The monoisotopic (exact) mass is 306 g/mol. The predicted octanol–water partition coefficient (Wildman–Crippen LogP) is 3.21. The van der Waals surface area contributed by atoms with E-state index in [0.717, 1.165) is 12.1 Å². The number of methoxy groups -OCH3 is 2. The lowest BCUT2D eigenvalue weighted by atomic mass is 9.99. The second kappa shape index (κ2) is 6.34. The summed E-state index contributed by atoms with van der Waals surface area (Å²) in [5, 5.41) is 0. The molecule has 0 saturated carbocycles. The molecule has 0 amide bonds. The van der Waals surface area contributed by atoms with Crippen molar-refractivity contribution in [3.05, 3.63) is 59.2 Å². The number of hydrogen-bond acceptors (Lipinski definition) is 4. The van der Waals surface area contributed by atoms with Crippen molar-refractivity contribution in [2.24, 2.45) is 0 Å². The van der Waals surface area contributed by atoms with E-state index in [1.807, 2.05) is 0 Å². The highest BCUT2D eigenvalue weighted by atomic mass is 19.2. The number of carbonyl (C=O) groups is 2. The average Bonchev–Trinajstić information content (AvgIpc) is 2.55. The zero-order chi connectivity index (χ0) is 16.3. The topological polar surface area (TPSA) is 52.6 Å². The molecule has 0 aromatic heterocycles. The molecule has 0 saturated heterocycles. The lowest BCUT2D eigenvalue weighted by Gasteiger charge is -2.09. The molecule has 0 bridgehead atoms. The van der Waals surface area contributed by atoms with Crippen LogP contribution in [-0.4, -0.2) is 26.2 Å². The maximum atomic E-state index is 13.3. The first-order chi connectivity index (χ1) is 10.5. The highest BCUT2D eigenvalue weighted by molar-refractivity contribution is 6.04. The van der Waals surface area contributed by atoms with E-state index < -0.39 is 23.6 Å². The van der Waals surface area contributed by atoms with Gasteiger partial charge in [-0.1, -0.05) is 12.1 Å². The summed E-state index contributed by atoms with van der Waals surface area (Å²) in [5.74, 6) is -3.40. The van der Waals surface area contributed by atoms with Crippen LogP contribution in [0, 0.1) is 11.6 Å². The van der Waals surface area contributed by atoms with Gasteiger partial charge in [0.1, 0.15) is 0 Å². The van der Waals surface area contributed by atoms with Crippen molar-refractivity contribution in [1.29, 1.82) is 0 Å². The van der Waals surface area contributed by atoms with Gasteiger partial charge in [0.25, 0.3) is 0 Å². The molecule has 0 unspecified atom stereocenters. The van der Waals surface area contributed by atoms with Crippen LogP contribution in [0.15, 0.2) is 36.4 Å². The Hall–Kier alpha value is -2.76. The molecule has 0 atom stereocenters. The fourth-order valence-electron chi connectivity index (χ4n) is 1.97. The van der Waals surface area contributed by atoms with Gasteiger partial charge in [0.05, 0.1) is 25.3 Å². The Morgan fingerprint density at radius 3 is 1.91 bits per heavy atom. The molecule has 2 rings (SSSR count). The Balaban J connectivity index is 2.57. The number of halogens is 2. The van der Waals surface area contributed by atoms with Gasteiger partial charge in [-0.15, -0.1) is 0 Å². The molecule has 114 valence electrons. The molecule has 2 aromatic carbocycles. The molecule has 0 aliphatic carbocycles. The quantitative estimate of drug-likeness (QED) is 0.817. The van der Waals surface area contributed by atoms with Gasteiger partial charge in [0, 0.05) is 0 Å². The second-order valence-electron chi connectivity index (χ2n) is 4.37. The Morgan fingerprint density at radius 1 is 0.773 bits per heavy atom. The molecule has 0 aliphatic heterocycles. The van der Waals surface area contributed by atoms with Crippen LogP contribution in [0.4, 0.5) is 8.78 Å². The first-order valence-corrected chi connectivity index (χ1v) is 6.24. The SMILES string of the molecule is COC(=O)c1ccc(-c2ccc(F)c(F)c2)cc1C(=O)OC. The molecule has 0 N–H and O–H groups in total. The third-order valence-corrected chi connectivity index (χ3v) is 3.08. The van der Waals surface area contributed by atoms with Gasteiger partial charge in [0.15, 0.2) is 11.6 Å². The van der Waals surface area contributed by atoms with Crippen molar-refractivity contribution >= 4 is 11.9 Å². The van der Waals surface area contributed by atoms with E-state index in [9.17, 15) is 18.4 Å². The van der Waals surface area contributed by atoms with Crippen LogP contribution in [0.1, 0.15) is 20.7 Å². The standard InChI is InChI=1S/C16H12F2O4/c1-21-15(19)11-5-3-9(7-12(11)16(20)22-2)10-4-6-13(17)14(18)8-10/h3-8H,1-2H3. The van der Waals surface area contributed by atoms with E-state index in [-0.39, 0.29) is 11.1 Å². The normalized spacial score (nSPS) is 10.2. The van der Waals surface area contributed by atoms with Crippen molar-refractivity contribution in [1.82, 2.24) is 0 Å². The van der Waals surface area contributed by atoms with Crippen molar-refractivity contribution in [3.8, 4) is 11.1 Å². The minimum Gasteiger partial charge on any atom is -0.465 e. The number of benzene rings is 2. The molecule has 2 aromatic rings. The van der Waals surface area contributed by atoms with Crippen LogP contribution in [0.5, 0.6) is 0 Å². The van der Waals surface area contributed by atoms with Crippen LogP contribution >= 0.6 is 0 Å². The molecule has 0 fully saturated rings. The molecular weight excluding hydrogens is 294 g/mol. The minimum absolute atomic E-state index is 0.0171. The van der Waals surface area contributed by atoms with Crippen LogP contribution in [0.3, 0.4) is 0 Å². The zero-order valence-electron chi connectivity index (χ0n) is 11.9. The van der Waals surface area contributed by atoms with E-state index in [4.69, 9.17) is 0 Å². The van der Waals surface area contributed by atoms with Crippen molar-refractivity contribution in [3.63, 3.8) is 0 Å². The number of hydrogen-bond donors (Lipinski definition) is 0. The first kappa shape index (κ1) is 15.6. The lowest BCUT2D eigenvalue weighted by molar-refractivity contribution is 0.0555. The molecule has 0 radical (unpaired) electrons. The first-order valence-electron chi connectivity index (χ1n) is 6.24. The molecule has 0 spiro atoms. The average molecular weight is 306 g/mol. The zero-order valence-corrected chi connectivity index (χ0v) is 11.9. The lowest BCUT2D eigenvalue weighted by Crippen LogP contribution is -2.11. The summed E-state index contributed by atoms with van der Waals surface area (Å²) in [5.41, 5.74) is 0.810. The number of ether oxygens (including phenoxy) is 2. The fraction of sp³-hybridized carbons (Fsp3) is 0.125. The fourth-order valence-corrected chi connectivity index (χ4v) is 1.97. The molecule has 22 heavy (non-hydrogen) atoms. The summed E-state index contributed by atoms with van der Waals surface area (Å²) in [6.07, 6.45) is 0. The molecule has 4 nitrogen and oxygen atoms in total. The van der Waals surface area contributed by atoms with Crippen LogP contribution in [-0.2, 0) is 9.47 Å². The minimum atomic E-state index is -1.01. The summed E-state index contributed by atoms with van der Waals surface area (Å²) in [4.78, 5) is 23.5. The van der Waals surface area contributed by atoms with Gasteiger partial charge in [0.2, 0.25) is 0 Å². The second-order valence-corrected chi connectivity index (χ2v) is 4.37. The van der Waals surface area contributed by atoms with Gasteiger partial charge in [-0.2, -0.15) is 0 Å². The van der Waals surface area contributed by atoms with Crippen molar-refractivity contribution < 1.29 is 27.8 Å². The summed E-state index contributed by atoms with van der Waals surface area (Å²) >= 11 is 0. The summed E-state index contributed by atoms with van der Waals surface area (Å²) in [7, 11) is 2.36. The van der Waals surface area contributed by atoms with Gasteiger partial charge < -0.3 is 9.47 Å². The van der Waals surface area contributed by atoms with Crippen LogP contribution in [0.2, 0.25) is 0 Å². The Labute approximate surface area is 125 Å². The molecule has 6 heteroatoms. The third kappa shape index (κ3) is 2.95. The summed E-state index contributed by atoms with van der Waals surface area (Å²) in [6, 6.07) is 7.59. The van der Waals surface area contributed by atoms with Crippen molar-refractivity contribution in [2.45, 2.75) is 0 Å². The summed E-state index contributed by atoms with van der Waals surface area (Å²) in [6.45, 7) is 0. The van der Waals surface area contributed by atoms with Crippen molar-refractivity contribution in [2.75, 3.05) is 14.2 Å². The highest BCUT2D eigenvalue weighted by Crippen LogP contribution is 2.25. The largest absolute Gasteiger partial charge is 0.465 e. The highest BCUT2D eigenvalue weighted by Gasteiger charge is 2.19. The maximum absolute atomic E-state index is 13.3. The smallest absolute Gasteiger partial charge is 0.338 e. The van der Waals surface area contributed by atoms with Gasteiger partial charge in [-0.05, 0) is 35.4 Å². The van der Waals surface area contributed by atoms with E-state index in [1.54, 1.807) is 0 Å². The number of esters is 2. The maximum Gasteiger partial charge on any atom is 0.338 e. The van der Waals surface area contributed by atoms with Crippen LogP contribution < -0.4 is 0 Å². The van der Waals surface area contributed by atoms with E-state index in [0.29, 0.717) is 11.1 Å². The third-order valence-electron chi connectivity index (χ3n) is 3.08. The Kier molecular flexibility index (Phi) is 4.50. The summed E-state index contributed by atoms with van der Waals surface area (Å²) < 4.78 is 35.5. The number of rotatable bonds is 3.